The Morgan fingerprint density at radius 1 is 1.21 bits per heavy atom. The van der Waals surface area contributed by atoms with Gasteiger partial charge in [-0.2, -0.15) is 13.2 Å². The molecule has 1 unspecified atom stereocenters. The Kier molecular flexibility index (Phi) is 4.69. The number of hydrogen-bond acceptors (Lipinski definition) is 5. The highest BCUT2D eigenvalue weighted by Gasteiger charge is 2.35. The lowest BCUT2D eigenvalue weighted by atomic mass is 10.2. The third-order valence-electron chi connectivity index (χ3n) is 4.49. The van der Waals surface area contributed by atoms with E-state index >= 15 is 0 Å². The maximum Gasteiger partial charge on any atom is 0.417 e. The van der Waals surface area contributed by atoms with E-state index < -0.39 is 21.6 Å². The van der Waals surface area contributed by atoms with Crippen LogP contribution in [0.5, 0.6) is 0 Å². The average Bonchev–Trinajstić information content (AvgIpc) is 2.87. The molecule has 1 aromatic rings. The van der Waals surface area contributed by atoms with Gasteiger partial charge in [0.15, 0.2) is 9.84 Å². The minimum atomic E-state index is -4.47. The highest BCUT2D eigenvalue weighted by atomic mass is 35.5. The number of halogens is 4. The fourth-order valence-electron chi connectivity index (χ4n) is 3.18. The lowest BCUT2D eigenvalue weighted by Gasteiger charge is -2.38. The van der Waals surface area contributed by atoms with Crippen molar-refractivity contribution in [3.63, 3.8) is 0 Å². The topological polar surface area (TPSA) is 53.5 Å². The number of sulfone groups is 1. The van der Waals surface area contributed by atoms with Gasteiger partial charge in [-0.05, 0) is 12.5 Å². The smallest absolute Gasteiger partial charge is 0.353 e. The average molecular weight is 384 g/mol. The molecule has 1 atom stereocenters. The number of hydrogen-bond donors (Lipinski definition) is 0. The summed E-state index contributed by atoms with van der Waals surface area (Å²) in [6.45, 7) is 2.38. The summed E-state index contributed by atoms with van der Waals surface area (Å²) in [4.78, 5) is 7.83. The molecule has 1 aromatic heterocycles. The zero-order valence-corrected chi connectivity index (χ0v) is 14.3. The first-order valence-electron chi connectivity index (χ1n) is 7.58. The minimum Gasteiger partial charge on any atom is -0.353 e. The molecule has 0 N–H and O–H groups in total. The van der Waals surface area contributed by atoms with E-state index in [1.807, 2.05) is 4.90 Å². The molecule has 0 amide bonds. The zero-order chi connectivity index (χ0) is 17.5. The van der Waals surface area contributed by atoms with Crippen LogP contribution >= 0.6 is 11.6 Å². The number of piperazine rings is 1. The van der Waals surface area contributed by atoms with Crippen molar-refractivity contribution in [3.8, 4) is 0 Å². The number of pyridine rings is 1. The Hall–Kier alpha value is -1.06. The van der Waals surface area contributed by atoms with Gasteiger partial charge in [-0.25, -0.2) is 13.4 Å². The van der Waals surface area contributed by atoms with Gasteiger partial charge in [0, 0.05) is 38.4 Å². The second-order valence-corrected chi connectivity index (χ2v) is 8.74. The van der Waals surface area contributed by atoms with Crippen molar-refractivity contribution in [1.29, 1.82) is 0 Å². The van der Waals surface area contributed by atoms with Gasteiger partial charge in [0.05, 0.1) is 22.1 Å². The van der Waals surface area contributed by atoms with E-state index in [-0.39, 0.29) is 22.6 Å². The second-order valence-electron chi connectivity index (χ2n) is 6.11. The van der Waals surface area contributed by atoms with Crippen LogP contribution in [0.25, 0.3) is 0 Å². The van der Waals surface area contributed by atoms with Crippen molar-refractivity contribution in [1.82, 2.24) is 9.88 Å². The molecule has 3 heterocycles. The summed E-state index contributed by atoms with van der Waals surface area (Å²) in [5.41, 5.74) is -0.869. The number of alkyl halides is 3. The van der Waals surface area contributed by atoms with Gasteiger partial charge in [0.25, 0.3) is 0 Å². The van der Waals surface area contributed by atoms with E-state index in [0.29, 0.717) is 38.4 Å². The van der Waals surface area contributed by atoms with Crippen LogP contribution in [0.1, 0.15) is 12.0 Å². The van der Waals surface area contributed by atoms with Crippen LogP contribution in [0, 0.1) is 0 Å². The maximum atomic E-state index is 12.7. The highest BCUT2D eigenvalue weighted by molar-refractivity contribution is 7.91. The summed E-state index contributed by atoms with van der Waals surface area (Å²) in [6.07, 6.45) is -3.04. The number of rotatable bonds is 2. The van der Waals surface area contributed by atoms with Crippen molar-refractivity contribution in [2.45, 2.75) is 18.6 Å². The number of anilines is 1. The Labute approximate surface area is 143 Å². The van der Waals surface area contributed by atoms with Gasteiger partial charge in [0.2, 0.25) is 0 Å². The second kappa shape index (κ2) is 6.34. The molecule has 3 rings (SSSR count). The maximum absolute atomic E-state index is 12.7. The van der Waals surface area contributed by atoms with Gasteiger partial charge >= 0.3 is 6.18 Å². The highest BCUT2D eigenvalue weighted by Crippen LogP contribution is 2.34. The number of nitrogens with zero attached hydrogens (tertiary/aromatic N) is 3. The van der Waals surface area contributed by atoms with Crippen LogP contribution in [0.4, 0.5) is 19.0 Å². The third kappa shape index (κ3) is 3.78. The fourth-order valence-corrected chi connectivity index (χ4v) is 5.23. The molecule has 2 aliphatic heterocycles. The van der Waals surface area contributed by atoms with E-state index in [1.54, 1.807) is 0 Å². The quantitative estimate of drug-likeness (QED) is 0.782. The molecule has 0 aliphatic carbocycles. The monoisotopic (exact) mass is 383 g/mol. The largest absolute Gasteiger partial charge is 0.417 e. The minimum absolute atomic E-state index is 0.0262. The molecule has 0 bridgehead atoms. The lowest BCUT2D eigenvalue weighted by Crippen LogP contribution is -2.51. The molecule has 2 saturated heterocycles. The van der Waals surface area contributed by atoms with Crippen molar-refractivity contribution in [3.05, 3.63) is 22.8 Å². The fraction of sp³-hybridized carbons (Fsp3) is 0.643. The molecule has 0 saturated carbocycles. The van der Waals surface area contributed by atoms with Crippen LogP contribution in [-0.4, -0.2) is 62.0 Å². The molecule has 0 radical (unpaired) electrons. The first kappa shape index (κ1) is 17.8. The first-order valence-corrected chi connectivity index (χ1v) is 9.78. The summed E-state index contributed by atoms with van der Waals surface area (Å²) in [5.74, 6) is 0.750. The van der Waals surface area contributed by atoms with E-state index in [9.17, 15) is 21.6 Å². The van der Waals surface area contributed by atoms with Crippen LogP contribution < -0.4 is 4.90 Å². The van der Waals surface area contributed by atoms with Gasteiger partial charge in [-0.3, -0.25) is 4.90 Å². The molecule has 0 spiro atoms. The summed E-state index contributed by atoms with van der Waals surface area (Å²) < 4.78 is 61.1. The number of aromatic nitrogens is 1. The predicted molar refractivity (Wildman–Crippen MR) is 85.1 cm³/mol. The Morgan fingerprint density at radius 3 is 2.38 bits per heavy atom. The van der Waals surface area contributed by atoms with Crippen LogP contribution in [0.2, 0.25) is 5.02 Å². The van der Waals surface area contributed by atoms with Crippen LogP contribution in [0.15, 0.2) is 12.3 Å². The van der Waals surface area contributed by atoms with Gasteiger partial charge in [-0.1, -0.05) is 11.6 Å². The molecular weight excluding hydrogens is 367 g/mol. The summed E-state index contributed by atoms with van der Waals surface area (Å²) in [5, 5.41) is -0.0262. The molecule has 0 aromatic carbocycles. The summed E-state index contributed by atoms with van der Waals surface area (Å²) >= 11 is 5.97. The Morgan fingerprint density at radius 2 is 1.88 bits per heavy atom. The van der Waals surface area contributed by atoms with E-state index in [0.717, 1.165) is 12.3 Å². The van der Waals surface area contributed by atoms with Crippen LogP contribution in [-0.2, 0) is 16.0 Å². The van der Waals surface area contributed by atoms with E-state index in [1.165, 1.54) is 0 Å². The first-order chi connectivity index (χ1) is 11.2. The van der Waals surface area contributed by atoms with Crippen molar-refractivity contribution < 1.29 is 21.6 Å². The normalized spacial score (nSPS) is 25.2. The molecule has 134 valence electrons. The zero-order valence-electron chi connectivity index (χ0n) is 12.8. The molecule has 2 fully saturated rings. The van der Waals surface area contributed by atoms with Crippen LogP contribution in [0.3, 0.4) is 0 Å². The summed E-state index contributed by atoms with van der Waals surface area (Å²) in [6, 6.07) is 0.924. The van der Waals surface area contributed by atoms with Gasteiger partial charge in [-0.15, -0.1) is 0 Å². The predicted octanol–water partition coefficient (Wildman–Crippen LogP) is 2.06. The summed E-state index contributed by atoms with van der Waals surface area (Å²) in [7, 11) is -2.93. The van der Waals surface area contributed by atoms with Gasteiger partial charge in [0.1, 0.15) is 5.82 Å². The van der Waals surface area contributed by atoms with E-state index in [2.05, 4.69) is 9.88 Å². The van der Waals surface area contributed by atoms with Crippen molar-refractivity contribution >= 4 is 27.3 Å². The third-order valence-corrected chi connectivity index (χ3v) is 6.52. The lowest BCUT2D eigenvalue weighted by molar-refractivity contribution is -0.137. The molecular formula is C14H17ClF3N3O2S. The van der Waals surface area contributed by atoms with Crippen molar-refractivity contribution in [2.24, 2.45) is 0 Å². The van der Waals surface area contributed by atoms with E-state index in [4.69, 9.17) is 11.6 Å². The molecule has 24 heavy (non-hydrogen) atoms. The Bertz CT molecular complexity index is 718. The molecule has 5 nitrogen and oxygen atoms in total. The SMILES string of the molecule is O=S1(=O)CCC(N2CCN(c3ncc(C(F)(F)F)cc3Cl)CC2)C1. The molecule has 2 aliphatic rings. The standard InChI is InChI=1S/C14H17ClF3N3O2S/c15-12-7-10(14(16,17)18)8-19-13(12)21-4-2-20(3-5-21)11-1-6-24(22,23)9-11/h7-8,11H,1-6,9H2. The van der Waals surface area contributed by atoms with Gasteiger partial charge < -0.3 is 4.90 Å². The van der Waals surface area contributed by atoms with Crippen molar-refractivity contribution in [2.75, 3.05) is 42.6 Å². The Balaban J connectivity index is 1.65. The molecule has 10 heteroatoms.